The van der Waals surface area contributed by atoms with Crippen LogP contribution in [0.15, 0.2) is 53.3 Å². The first-order valence-electron chi connectivity index (χ1n) is 7.24. The summed E-state index contributed by atoms with van der Waals surface area (Å²) in [6.07, 6.45) is 0.658. The van der Waals surface area contributed by atoms with Gasteiger partial charge in [0.2, 0.25) is 5.88 Å². The summed E-state index contributed by atoms with van der Waals surface area (Å²) in [5.41, 5.74) is 2.61. The predicted molar refractivity (Wildman–Crippen MR) is 88.3 cm³/mol. The van der Waals surface area contributed by atoms with Gasteiger partial charge in [-0.25, -0.2) is 0 Å². The molecule has 110 valence electrons. The van der Waals surface area contributed by atoms with Crippen molar-refractivity contribution in [2.24, 2.45) is 0 Å². The van der Waals surface area contributed by atoms with E-state index in [2.05, 4.69) is 0 Å². The molecule has 0 aliphatic carbocycles. The number of benzene rings is 2. The largest absolute Gasteiger partial charge is 0.475 e. The average molecular weight is 312 g/mol. The number of rotatable bonds is 1. The Balaban J connectivity index is 2.13. The molecule has 1 unspecified atom stereocenters. The molecule has 0 spiro atoms. The van der Waals surface area contributed by atoms with Gasteiger partial charge in [0, 0.05) is 22.5 Å². The topological polar surface area (TPSA) is 31.2 Å². The molecule has 22 heavy (non-hydrogen) atoms. The van der Waals surface area contributed by atoms with Gasteiger partial charge in [-0.1, -0.05) is 23.7 Å². The highest BCUT2D eigenvalue weighted by atomic mass is 35.5. The highest BCUT2D eigenvalue weighted by Gasteiger charge is 2.27. The summed E-state index contributed by atoms with van der Waals surface area (Å²) in [4.78, 5) is 12.7. The van der Waals surface area contributed by atoms with Crippen LogP contribution in [0.4, 0.5) is 0 Å². The molecule has 0 saturated carbocycles. The lowest BCUT2D eigenvalue weighted by Gasteiger charge is -2.16. The quantitative estimate of drug-likeness (QED) is 0.681. The summed E-state index contributed by atoms with van der Waals surface area (Å²) in [6.45, 7) is 1.98. The van der Waals surface area contributed by atoms with Gasteiger partial charge in [-0.05, 0) is 43.3 Å². The van der Waals surface area contributed by atoms with Crippen LogP contribution in [0, 0.1) is 0 Å². The lowest BCUT2D eigenvalue weighted by molar-refractivity contribution is 0.242. The summed E-state index contributed by atoms with van der Waals surface area (Å²) >= 11 is 5.99. The molecular formula is C18H14ClNO2. The Bertz CT molecular complexity index is 928. The number of fused-ring (bicyclic) bond motifs is 2. The van der Waals surface area contributed by atoms with Crippen molar-refractivity contribution < 1.29 is 4.74 Å². The summed E-state index contributed by atoms with van der Waals surface area (Å²) in [5, 5.41) is 1.40. The Morgan fingerprint density at radius 1 is 1.14 bits per heavy atom. The zero-order chi connectivity index (χ0) is 15.3. The molecule has 0 saturated heterocycles. The molecule has 1 atom stereocenters. The van der Waals surface area contributed by atoms with Gasteiger partial charge in [0.15, 0.2) is 5.43 Å². The fourth-order valence-electron chi connectivity index (χ4n) is 3.03. The van der Waals surface area contributed by atoms with Crippen LogP contribution in [0.1, 0.15) is 12.5 Å². The van der Waals surface area contributed by atoms with Crippen molar-refractivity contribution in [3.63, 3.8) is 0 Å². The van der Waals surface area contributed by atoms with E-state index in [0.29, 0.717) is 22.7 Å². The maximum atomic E-state index is 12.7. The standard InChI is InChI=1S/C18H14ClNO2/c1-11-10-15-17(21)14-4-2-3-5-16(14)20(18(15)22-11)13-8-6-12(19)7-9-13/h2-9,11H,10H2,1H3. The maximum absolute atomic E-state index is 12.7. The lowest BCUT2D eigenvalue weighted by Crippen LogP contribution is -2.13. The molecular weight excluding hydrogens is 298 g/mol. The molecule has 3 nitrogen and oxygen atoms in total. The van der Waals surface area contributed by atoms with Crippen molar-refractivity contribution in [1.29, 1.82) is 0 Å². The number of para-hydroxylation sites is 1. The van der Waals surface area contributed by atoms with Crippen LogP contribution in [0.5, 0.6) is 5.88 Å². The van der Waals surface area contributed by atoms with Crippen LogP contribution in [0.3, 0.4) is 0 Å². The second kappa shape index (κ2) is 4.89. The van der Waals surface area contributed by atoms with E-state index in [1.54, 1.807) is 0 Å². The maximum Gasteiger partial charge on any atom is 0.206 e. The molecule has 1 aliphatic rings. The molecule has 0 fully saturated rings. The first-order valence-corrected chi connectivity index (χ1v) is 7.62. The molecule has 0 bridgehead atoms. The van der Waals surface area contributed by atoms with Gasteiger partial charge in [-0.2, -0.15) is 0 Å². The van der Waals surface area contributed by atoms with Crippen LogP contribution in [0.2, 0.25) is 5.02 Å². The van der Waals surface area contributed by atoms with E-state index in [1.165, 1.54) is 0 Å². The van der Waals surface area contributed by atoms with Gasteiger partial charge in [0.25, 0.3) is 0 Å². The number of pyridine rings is 1. The van der Waals surface area contributed by atoms with Gasteiger partial charge in [-0.3, -0.25) is 9.36 Å². The Labute approximate surface area is 132 Å². The third kappa shape index (κ3) is 1.93. The van der Waals surface area contributed by atoms with E-state index >= 15 is 0 Å². The highest BCUT2D eigenvalue weighted by Crippen LogP contribution is 2.33. The molecule has 4 rings (SSSR count). The van der Waals surface area contributed by atoms with Gasteiger partial charge in [0.05, 0.1) is 11.1 Å². The number of ether oxygens (including phenoxy) is 1. The van der Waals surface area contributed by atoms with Crippen molar-refractivity contribution >= 4 is 22.5 Å². The minimum Gasteiger partial charge on any atom is -0.475 e. The summed E-state index contributed by atoms with van der Waals surface area (Å²) < 4.78 is 7.95. The number of nitrogens with zero attached hydrogens (tertiary/aromatic N) is 1. The summed E-state index contributed by atoms with van der Waals surface area (Å²) in [7, 11) is 0. The molecule has 2 aromatic carbocycles. The molecule has 4 heteroatoms. The smallest absolute Gasteiger partial charge is 0.206 e. The van der Waals surface area contributed by atoms with Crippen molar-refractivity contribution in [2.75, 3.05) is 0 Å². The van der Waals surface area contributed by atoms with Crippen molar-refractivity contribution in [1.82, 2.24) is 4.57 Å². The van der Waals surface area contributed by atoms with Gasteiger partial charge >= 0.3 is 0 Å². The third-order valence-corrected chi connectivity index (χ3v) is 4.27. The Morgan fingerprint density at radius 3 is 2.64 bits per heavy atom. The number of hydrogen-bond acceptors (Lipinski definition) is 2. The minimum atomic E-state index is 0.0121. The van der Waals surface area contributed by atoms with Gasteiger partial charge in [0.1, 0.15) is 6.10 Å². The molecule has 1 aliphatic heterocycles. The molecule has 0 N–H and O–H groups in total. The predicted octanol–water partition coefficient (Wildman–Crippen LogP) is 3.97. The van der Waals surface area contributed by atoms with Crippen molar-refractivity contribution in [2.45, 2.75) is 19.4 Å². The SMILES string of the molecule is CC1Cc2c(n(-c3ccc(Cl)cc3)c3ccccc3c2=O)O1. The number of hydrogen-bond donors (Lipinski definition) is 0. The zero-order valence-corrected chi connectivity index (χ0v) is 12.8. The van der Waals surface area contributed by atoms with E-state index in [-0.39, 0.29) is 11.5 Å². The van der Waals surface area contributed by atoms with Crippen LogP contribution in [0.25, 0.3) is 16.6 Å². The van der Waals surface area contributed by atoms with E-state index in [0.717, 1.165) is 16.8 Å². The fourth-order valence-corrected chi connectivity index (χ4v) is 3.16. The highest BCUT2D eigenvalue weighted by molar-refractivity contribution is 6.30. The van der Waals surface area contributed by atoms with Crippen LogP contribution in [-0.2, 0) is 6.42 Å². The van der Waals surface area contributed by atoms with Gasteiger partial charge in [-0.15, -0.1) is 0 Å². The molecule has 1 aromatic heterocycles. The number of aromatic nitrogens is 1. The first kappa shape index (κ1) is 13.4. The fraction of sp³-hybridized carbons (Fsp3) is 0.167. The molecule has 0 radical (unpaired) electrons. The molecule has 2 heterocycles. The zero-order valence-electron chi connectivity index (χ0n) is 12.0. The normalized spacial score (nSPS) is 16.5. The summed E-state index contributed by atoms with van der Waals surface area (Å²) in [6, 6.07) is 15.2. The van der Waals surface area contributed by atoms with E-state index in [4.69, 9.17) is 16.3 Å². The Morgan fingerprint density at radius 2 is 1.86 bits per heavy atom. The van der Waals surface area contributed by atoms with E-state index < -0.39 is 0 Å². The molecule has 3 aromatic rings. The van der Waals surface area contributed by atoms with Gasteiger partial charge < -0.3 is 4.74 Å². The molecule has 0 amide bonds. The van der Waals surface area contributed by atoms with Crippen LogP contribution < -0.4 is 10.2 Å². The third-order valence-electron chi connectivity index (χ3n) is 4.01. The minimum absolute atomic E-state index is 0.0121. The van der Waals surface area contributed by atoms with E-state index in [1.807, 2.05) is 60.0 Å². The first-order chi connectivity index (χ1) is 10.6. The van der Waals surface area contributed by atoms with E-state index in [9.17, 15) is 4.79 Å². The van der Waals surface area contributed by atoms with Crippen molar-refractivity contribution in [3.8, 4) is 11.6 Å². The summed E-state index contributed by atoms with van der Waals surface area (Å²) in [5.74, 6) is 0.651. The Kier molecular flexibility index (Phi) is 2.98. The van der Waals surface area contributed by atoms with Crippen LogP contribution >= 0.6 is 11.6 Å². The second-order valence-corrected chi connectivity index (χ2v) is 6.01. The second-order valence-electron chi connectivity index (χ2n) is 5.57. The number of halogens is 1. The lowest BCUT2D eigenvalue weighted by atomic mass is 10.1. The van der Waals surface area contributed by atoms with Crippen molar-refractivity contribution in [3.05, 3.63) is 69.3 Å². The monoisotopic (exact) mass is 311 g/mol. The Hall–Kier alpha value is -2.26. The average Bonchev–Trinajstić information content (AvgIpc) is 2.91. The van der Waals surface area contributed by atoms with Crippen LogP contribution in [-0.4, -0.2) is 10.7 Å².